The highest BCUT2D eigenvalue weighted by Crippen LogP contribution is 1.72. The van der Waals surface area contributed by atoms with Crippen LogP contribution in [-0.2, 0) is 0 Å². The Labute approximate surface area is 28.6 Å². The average Bonchev–Trinajstić information content (AvgIpc) is 1.37. The van der Waals surface area contributed by atoms with E-state index in [1.807, 2.05) is 0 Å². The van der Waals surface area contributed by atoms with E-state index in [2.05, 4.69) is 6.92 Å². The van der Waals surface area contributed by atoms with Crippen molar-refractivity contribution in [2.45, 2.75) is 12.7 Å². The summed E-state index contributed by atoms with van der Waals surface area (Å²) in [7, 11) is 4.97. The number of hydrogen-bond donors (Lipinski definition) is 0. The molecule has 0 saturated heterocycles. The van der Waals surface area contributed by atoms with Gasteiger partial charge in [0.1, 0.15) is 0 Å². The van der Waals surface area contributed by atoms with Crippen molar-refractivity contribution in [1.82, 2.24) is 0 Å². The largest absolute Gasteiger partial charge is 0.0887 e. The minimum Gasteiger partial charge on any atom is -0.0887 e. The van der Waals surface area contributed by atoms with Gasteiger partial charge >= 0.3 is 0 Å². The first-order chi connectivity index (χ1) is 1.91. The van der Waals surface area contributed by atoms with Crippen molar-refractivity contribution in [3.63, 3.8) is 0 Å². The van der Waals surface area contributed by atoms with Crippen LogP contribution >= 0.6 is 0 Å². The molecule has 0 aromatic carbocycles. The molecule has 0 aromatic rings. The fraction of sp³-hybridized carbons (Fsp3) is 0.667. The normalized spacial score (nSPS) is 7.25. The van der Waals surface area contributed by atoms with E-state index in [0.29, 0.717) is 6.32 Å². The highest BCUT2D eigenvalue weighted by molar-refractivity contribution is 6.08. The lowest BCUT2D eigenvalue weighted by atomic mass is 10.0. The predicted molar refractivity (Wildman–Crippen MR) is 20.5 cm³/mol. The van der Waals surface area contributed by atoms with E-state index >= 15 is 0 Å². The van der Waals surface area contributed by atoms with Crippen LogP contribution in [0, 0.1) is 6.92 Å². The summed E-state index contributed by atoms with van der Waals surface area (Å²) in [6, 6.07) is 0. The Morgan fingerprint density at radius 2 is 2.00 bits per heavy atom. The van der Waals surface area contributed by atoms with Gasteiger partial charge in [0.15, 0.2) is 0 Å². The molecule has 3 radical (unpaired) electrons. The minimum atomic E-state index is 0.708. The Morgan fingerprint density at radius 3 is 2.00 bits per heavy atom. The minimum absolute atomic E-state index is 0.708. The third kappa shape index (κ3) is 2.06. The lowest BCUT2D eigenvalue weighted by molar-refractivity contribution is 1.22. The summed E-state index contributed by atoms with van der Waals surface area (Å²) in [5.41, 5.74) is 0. The van der Waals surface area contributed by atoms with Crippen LogP contribution in [0.1, 0.15) is 6.42 Å². The van der Waals surface area contributed by atoms with E-state index in [4.69, 9.17) is 7.85 Å². The highest BCUT2D eigenvalue weighted by atomic mass is 13.5. The van der Waals surface area contributed by atoms with Crippen LogP contribution in [-0.4, -0.2) is 7.85 Å². The molecule has 0 aromatic heterocycles. The Bertz CT molecular complexity index is 5.25. The van der Waals surface area contributed by atoms with Gasteiger partial charge < -0.3 is 0 Å². The van der Waals surface area contributed by atoms with Gasteiger partial charge in [-0.15, -0.1) is 0 Å². The van der Waals surface area contributed by atoms with Crippen molar-refractivity contribution in [1.29, 1.82) is 0 Å². The van der Waals surface area contributed by atoms with Crippen LogP contribution in [0.5, 0.6) is 0 Å². The summed E-state index contributed by atoms with van der Waals surface area (Å²) in [6.45, 7) is 3.48. The van der Waals surface area contributed by atoms with Gasteiger partial charge in [0.25, 0.3) is 0 Å². The Hall–Kier alpha value is 0.0649. The number of hydrogen-bond acceptors (Lipinski definition) is 0. The average molecular weight is 52.9 g/mol. The fourth-order valence-electron chi connectivity index (χ4n) is 0. The van der Waals surface area contributed by atoms with Crippen molar-refractivity contribution in [2.24, 2.45) is 0 Å². The quantitative estimate of drug-likeness (QED) is 0.387. The first-order valence-corrected chi connectivity index (χ1v) is 1.41. The molecule has 0 aliphatic rings. The topological polar surface area (TPSA) is 0 Å². The number of rotatable bonds is 1. The van der Waals surface area contributed by atoms with Crippen LogP contribution in [0.4, 0.5) is 0 Å². The second-order valence-electron chi connectivity index (χ2n) is 0.642. The monoisotopic (exact) mass is 53.1 g/mol. The SMILES string of the molecule is [B]CC[CH2]. The van der Waals surface area contributed by atoms with Gasteiger partial charge in [-0.3, -0.25) is 0 Å². The molecule has 0 fully saturated rings. The smallest absolute Gasteiger partial charge is 0.0653 e. The third-order valence-electron chi connectivity index (χ3n) is 0.204. The molecule has 4 heavy (non-hydrogen) atoms. The summed E-state index contributed by atoms with van der Waals surface area (Å²) >= 11 is 0. The Balaban J connectivity index is 1.97. The molecule has 0 rings (SSSR count). The van der Waals surface area contributed by atoms with Crippen LogP contribution in [0.15, 0.2) is 0 Å². The molecule has 0 spiro atoms. The third-order valence-corrected chi connectivity index (χ3v) is 0.204. The van der Waals surface area contributed by atoms with E-state index < -0.39 is 0 Å². The van der Waals surface area contributed by atoms with Gasteiger partial charge in [-0.25, -0.2) is 0 Å². The Morgan fingerprint density at radius 1 is 1.75 bits per heavy atom. The molecule has 0 N–H and O–H groups in total. The standard InChI is InChI=1S/C3H6B/c1-2-3-4/h1-3H2. The van der Waals surface area contributed by atoms with Crippen LogP contribution in [0.2, 0.25) is 6.32 Å². The molecule has 0 aliphatic carbocycles. The van der Waals surface area contributed by atoms with Gasteiger partial charge in [-0.1, -0.05) is 19.7 Å². The van der Waals surface area contributed by atoms with Crippen LogP contribution in [0.3, 0.4) is 0 Å². The lowest BCUT2D eigenvalue weighted by Gasteiger charge is -1.67. The Kier molecular flexibility index (Phi) is 3.11. The summed E-state index contributed by atoms with van der Waals surface area (Å²) in [4.78, 5) is 0. The van der Waals surface area contributed by atoms with Gasteiger partial charge in [0.2, 0.25) is 0 Å². The van der Waals surface area contributed by atoms with Gasteiger partial charge in [-0.2, -0.15) is 0 Å². The molecule has 0 heterocycles. The second-order valence-corrected chi connectivity index (χ2v) is 0.642. The molecule has 0 nitrogen and oxygen atoms in total. The van der Waals surface area contributed by atoms with E-state index in [1.54, 1.807) is 0 Å². The molecule has 0 amide bonds. The lowest BCUT2D eigenvalue weighted by Crippen LogP contribution is -1.55. The van der Waals surface area contributed by atoms with E-state index in [0.717, 1.165) is 6.42 Å². The zero-order chi connectivity index (χ0) is 3.41. The van der Waals surface area contributed by atoms with Crippen molar-refractivity contribution < 1.29 is 0 Å². The first-order valence-electron chi connectivity index (χ1n) is 1.41. The van der Waals surface area contributed by atoms with Crippen molar-refractivity contribution in [3.8, 4) is 0 Å². The van der Waals surface area contributed by atoms with E-state index in [-0.39, 0.29) is 0 Å². The van der Waals surface area contributed by atoms with Crippen molar-refractivity contribution >= 4 is 7.85 Å². The first kappa shape index (κ1) is 4.06. The molecule has 0 atom stereocenters. The van der Waals surface area contributed by atoms with Crippen LogP contribution in [0.25, 0.3) is 0 Å². The van der Waals surface area contributed by atoms with Crippen LogP contribution < -0.4 is 0 Å². The molecule has 0 aliphatic heterocycles. The second kappa shape index (κ2) is 3.06. The van der Waals surface area contributed by atoms with Crippen molar-refractivity contribution in [2.75, 3.05) is 0 Å². The van der Waals surface area contributed by atoms with Gasteiger partial charge in [0, 0.05) is 0 Å². The molecule has 21 valence electrons. The summed E-state index contributed by atoms with van der Waals surface area (Å²) < 4.78 is 0. The van der Waals surface area contributed by atoms with Crippen molar-refractivity contribution in [3.05, 3.63) is 6.92 Å². The molecular weight excluding hydrogens is 46.8 g/mol. The van der Waals surface area contributed by atoms with Gasteiger partial charge in [-0.05, 0) is 0 Å². The molecule has 0 unspecified atom stereocenters. The fourth-order valence-corrected chi connectivity index (χ4v) is 0. The molecule has 1 heteroatoms. The summed E-state index contributed by atoms with van der Waals surface area (Å²) in [6.07, 6.45) is 1.56. The highest BCUT2D eigenvalue weighted by Gasteiger charge is 1.57. The zero-order valence-electron chi connectivity index (χ0n) is 2.70. The van der Waals surface area contributed by atoms with E-state index in [1.165, 1.54) is 0 Å². The maximum absolute atomic E-state index is 4.97. The maximum atomic E-state index is 4.97. The summed E-state index contributed by atoms with van der Waals surface area (Å²) in [5, 5.41) is 0. The predicted octanol–water partition coefficient (Wildman–Crippen LogP) is 0.797. The molecule has 0 bridgehead atoms. The summed E-state index contributed by atoms with van der Waals surface area (Å²) in [5.74, 6) is 0. The van der Waals surface area contributed by atoms with Gasteiger partial charge in [0.05, 0.1) is 7.85 Å². The zero-order valence-corrected chi connectivity index (χ0v) is 2.70. The molecule has 0 saturated carbocycles. The molecular formula is C3H6B. The maximum Gasteiger partial charge on any atom is 0.0653 e. The van der Waals surface area contributed by atoms with E-state index in [9.17, 15) is 0 Å².